The van der Waals surface area contributed by atoms with Gasteiger partial charge in [0.05, 0.1) is 6.10 Å². The molecule has 2 saturated heterocycles. The standard InChI is InChI=1S/C11H10N2O3.C11H10N2O2/c14-8-5-11(9(15)12-10(16)13-11)7-4-2-1-3-6(7)8;14-9-11(13-10(15)12-9)6-5-7-3-1-2-4-8(7)11/h1-4,8,14H,5H2,(H2,12,13,15,16);1-4H,5-6H2,(H2,12,13,14,15). The molecule has 158 valence electrons. The Kier molecular flexibility index (Phi) is 4.13. The lowest BCUT2D eigenvalue weighted by Crippen LogP contribution is -2.41. The molecule has 31 heavy (non-hydrogen) atoms. The predicted octanol–water partition coefficient (Wildman–Crippen LogP) is 0.826. The summed E-state index contributed by atoms with van der Waals surface area (Å²) in [4.78, 5) is 46.0. The molecule has 2 aliphatic heterocycles. The zero-order valence-corrected chi connectivity index (χ0v) is 16.4. The lowest BCUT2D eigenvalue weighted by atomic mass is 9.92. The van der Waals surface area contributed by atoms with Gasteiger partial charge in [0.25, 0.3) is 11.8 Å². The van der Waals surface area contributed by atoms with Crippen molar-refractivity contribution in [3.63, 3.8) is 0 Å². The van der Waals surface area contributed by atoms with Gasteiger partial charge in [0, 0.05) is 6.42 Å². The van der Waals surface area contributed by atoms with Crippen LogP contribution in [-0.2, 0) is 27.1 Å². The van der Waals surface area contributed by atoms with Crippen LogP contribution >= 0.6 is 0 Å². The molecule has 3 atom stereocenters. The van der Waals surface area contributed by atoms with E-state index in [2.05, 4.69) is 21.3 Å². The van der Waals surface area contributed by atoms with E-state index in [4.69, 9.17) is 0 Å². The van der Waals surface area contributed by atoms with E-state index in [9.17, 15) is 24.3 Å². The van der Waals surface area contributed by atoms with Crippen LogP contribution in [-0.4, -0.2) is 29.0 Å². The van der Waals surface area contributed by atoms with Gasteiger partial charge in [-0.3, -0.25) is 20.2 Å². The molecule has 9 nitrogen and oxygen atoms in total. The fourth-order valence-corrected chi connectivity index (χ4v) is 4.98. The summed E-state index contributed by atoms with van der Waals surface area (Å²) in [5.41, 5.74) is 1.61. The fourth-order valence-electron chi connectivity index (χ4n) is 4.98. The number of hydrogen-bond donors (Lipinski definition) is 5. The molecule has 6 amide bonds. The predicted molar refractivity (Wildman–Crippen MR) is 107 cm³/mol. The average molecular weight is 420 g/mol. The molecule has 3 unspecified atom stereocenters. The SMILES string of the molecule is O=C1NC(=O)C2(CC(O)c3ccccc32)N1.O=C1NC(=O)C2(CCc3ccccc32)N1. The molecule has 0 aromatic heterocycles. The summed E-state index contributed by atoms with van der Waals surface area (Å²) in [6.45, 7) is 0. The minimum Gasteiger partial charge on any atom is -0.388 e. The van der Waals surface area contributed by atoms with Crippen LogP contribution in [0, 0.1) is 0 Å². The number of aliphatic hydroxyl groups is 1. The first-order valence-corrected chi connectivity index (χ1v) is 9.99. The Hall–Kier alpha value is -3.72. The summed E-state index contributed by atoms with van der Waals surface area (Å²) in [5.74, 6) is -0.612. The van der Waals surface area contributed by atoms with Gasteiger partial charge in [-0.2, -0.15) is 0 Å². The van der Waals surface area contributed by atoms with Crippen LogP contribution in [0.3, 0.4) is 0 Å². The van der Waals surface area contributed by atoms with Crippen LogP contribution in [0.15, 0.2) is 48.5 Å². The lowest BCUT2D eigenvalue weighted by Gasteiger charge is -2.20. The molecule has 2 aliphatic carbocycles. The Balaban J connectivity index is 0.000000132. The molecule has 0 bridgehead atoms. The average Bonchev–Trinajstić information content (AvgIpc) is 3.43. The Bertz CT molecular complexity index is 1150. The minimum absolute atomic E-state index is 0.198. The highest BCUT2D eigenvalue weighted by molar-refractivity contribution is 6.08. The second-order valence-corrected chi connectivity index (χ2v) is 8.09. The van der Waals surface area contributed by atoms with E-state index >= 15 is 0 Å². The van der Waals surface area contributed by atoms with Gasteiger partial charge in [-0.05, 0) is 35.1 Å². The Morgan fingerprint density at radius 3 is 2.00 bits per heavy atom. The molecule has 9 heteroatoms. The topological polar surface area (TPSA) is 137 Å². The van der Waals surface area contributed by atoms with Crippen molar-refractivity contribution in [2.24, 2.45) is 0 Å². The quantitative estimate of drug-likeness (QED) is 0.402. The van der Waals surface area contributed by atoms with Crippen molar-refractivity contribution in [2.75, 3.05) is 0 Å². The zero-order valence-electron chi connectivity index (χ0n) is 16.4. The van der Waals surface area contributed by atoms with Crippen LogP contribution in [0.1, 0.15) is 41.2 Å². The van der Waals surface area contributed by atoms with E-state index in [1.165, 1.54) is 0 Å². The number of aliphatic hydroxyl groups excluding tert-OH is 1. The van der Waals surface area contributed by atoms with E-state index in [-0.39, 0.29) is 18.2 Å². The van der Waals surface area contributed by atoms with Gasteiger partial charge in [0.1, 0.15) is 11.1 Å². The number of urea groups is 2. The largest absolute Gasteiger partial charge is 0.388 e. The number of amides is 6. The molecule has 2 aromatic rings. The molecule has 4 aliphatic rings. The molecule has 5 N–H and O–H groups in total. The van der Waals surface area contributed by atoms with Gasteiger partial charge in [-0.25, -0.2) is 9.59 Å². The number of fused-ring (bicyclic) bond motifs is 4. The number of carbonyl (C=O) groups is 4. The maximum atomic E-state index is 11.8. The highest BCUT2D eigenvalue weighted by atomic mass is 16.3. The summed E-state index contributed by atoms with van der Waals surface area (Å²) in [6, 6.07) is 14.0. The van der Waals surface area contributed by atoms with Crippen LogP contribution in [0.2, 0.25) is 0 Å². The smallest absolute Gasteiger partial charge is 0.322 e. The van der Waals surface area contributed by atoms with Crippen LogP contribution in [0.25, 0.3) is 0 Å². The van der Waals surface area contributed by atoms with E-state index in [1.807, 2.05) is 24.3 Å². The van der Waals surface area contributed by atoms with Crippen molar-refractivity contribution in [3.8, 4) is 0 Å². The van der Waals surface area contributed by atoms with Crippen molar-refractivity contribution >= 4 is 23.9 Å². The third-order valence-electron chi connectivity index (χ3n) is 6.41. The maximum absolute atomic E-state index is 11.8. The number of benzene rings is 2. The number of hydrogen-bond acceptors (Lipinski definition) is 5. The first-order valence-electron chi connectivity index (χ1n) is 9.99. The summed E-state index contributed by atoms with van der Waals surface area (Å²) in [5, 5.41) is 19.7. The number of imide groups is 2. The number of carbonyl (C=O) groups excluding carboxylic acids is 4. The third-order valence-corrected chi connectivity index (χ3v) is 6.41. The molecular formula is C22H20N4O5. The summed E-state index contributed by atoms with van der Waals surface area (Å²) < 4.78 is 0. The van der Waals surface area contributed by atoms with Crippen LogP contribution in [0.4, 0.5) is 9.59 Å². The number of aryl methyl sites for hydroxylation is 1. The zero-order chi connectivity index (χ0) is 21.8. The van der Waals surface area contributed by atoms with Gasteiger partial charge >= 0.3 is 12.1 Å². The second-order valence-electron chi connectivity index (χ2n) is 8.09. The van der Waals surface area contributed by atoms with Gasteiger partial charge in [-0.1, -0.05) is 48.5 Å². The lowest BCUT2D eigenvalue weighted by molar-refractivity contribution is -0.125. The highest BCUT2D eigenvalue weighted by Crippen LogP contribution is 2.44. The van der Waals surface area contributed by atoms with Crippen molar-refractivity contribution in [3.05, 3.63) is 70.8 Å². The Morgan fingerprint density at radius 1 is 0.774 bits per heavy atom. The molecule has 0 radical (unpaired) electrons. The molecule has 0 saturated carbocycles. The minimum atomic E-state index is -1.08. The first-order chi connectivity index (χ1) is 14.9. The first kappa shape index (κ1) is 19.3. The molecule has 2 aromatic carbocycles. The van der Waals surface area contributed by atoms with Gasteiger partial charge in [-0.15, -0.1) is 0 Å². The fraction of sp³-hybridized carbons (Fsp3) is 0.273. The molecule has 6 rings (SSSR count). The Labute approximate surface area is 177 Å². The third kappa shape index (κ3) is 2.73. The highest BCUT2D eigenvalue weighted by Gasteiger charge is 2.54. The summed E-state index contributed by atoms with van der Waals surface area (Å²) in [6.07, 6.45) is 0.984. The van der Waals surface area contributed by atoms with Gasteiger partial charge in [0.2, 0.25) is 0 Å². The van der Waals surface area contributed by atoms with Crippen molar-refractivity contribution in [1.29, 1.82) is 0 Å². The monoisotopic (exact) mass is 420 g/mol. The molecule has 2 fully saturated rings. The summed E-state index contributed by atoms with van der Waals surface area (Å²) in [7, 11) is 0. The van der Waals surface area contributed by atoms with Crippen molar-refractivity contribution in [1.82, 2.24) is 21.3 Å². The van der Waals surface area contributed by atoms with E-state index < -0.39 is 29.2 Å². The van der Waals surface area contributed by atoms with E-state index in [0.717, 1.165) is 17.5 Å². The normalized spacial score (nSPS) is 29.6. The molecule has 2 heterocycles. The van der Waals surface area contributed by atoms with Crippen molar-refractivity contribution < 1.29 is 24.3 Å². The second kappa shape index (κ2) is 6.64. The maximum Gasteiger partial charge on any atom is 0.322 e. The number of nitrogens with one attached hydrogen (secondary N) is 4. The van der Waals surface area contributed by atoms with E-state index in [0.29, 0.717) is 17.5 Å². The Morgan fingerprint density at radius 2 is 1.35 bits per heavy atom. The van der Waals surface area contributed by atoms with Crippen molar-refractivity contribution in [2.45, 2.75) is 36.4 Å². The van der Waals surface area contributed by atoms with Gasteiger partial charge in [0.15, 0.2) is 0 Å². The van der Waals surface area contributed by atoms with Crippen LogP contribution < -0.4 is 21.3 Å². The summed E-state index contributed by atoms with van der Waals surface area (Å²) >= 11 is 0. The number of rotatable bonds is 0. The molecular weight excluding hydrogens is 400 g/mol. The molecule has 2 spiro atoms. The van der Waals surface area contributed by atoms with E-state index in [1.54, 1.807) is 24.3 Å². The van der Waals surface area contributed by atoms with Crippen LogP contribution in [0.5, 0.6) is 0 Å². The van der Waals surface area contributed by atoms with Gasteiger partial charge < -0.3 is 15.7 Å².